The summed E-state index contributed by atoms with van der Waals surface area (Å²) in [6, 6.07) is 7.72. The Morgan fingerprint density at radius 3 is 2.68 bits per heavy atom. The maximum absolute atomic E-state index is 11.6. The summed E-state index contributed by atoms with van der Waals surface area (Å²) >= 11 is 5.81. The number of nitrogens with one attached hydrogen (secondary N) is 1. The lowest BCUT2D eigenvalue weighted by Gasteiger charge is -2.11. The van der Waals surface area contributed by atoms with Crippen molar-refractivity contribution in [2.75, 3.05) is 13.2 Å². The minimum atomic E-state index is 0.0822. The monoisotopic (exact) mass is 283 g/mol. The van der Waals surface area contributed by atoms with E-state index in [4.69, 9.17) is 16.7 Å². The summed E-state index contributed by atoms with van der Waals surface area (Å²) in [5.41, 5.74) is 1.20. The number of rotatable bonds is 8. The van der Waals surface area contributed by atoms with Crippen LogP contribution in [0.2, 0.25) is 5.02 Å². The van der Waals surface area contributed by atoms with Gasteiger partial charge in [0, 0.05) is 24.6 Å². The van der Waals surface area contributed by atoms with Crippen molar-refractivity contribution in [1.82, 2.24) is 5.32 Å². The Kier molecular flexibility index (Phi) is 7.53. The molecule has 0 bridgehead atoms. The molecule has 4 heteroatoms. The molecule has 1 aromatic rings. The summed E-state index contributed by atoms with van der Waals surface area (Å²) < 4.78 is 0. The van der Waals surface area contributed by atoms with Crippen LogP contribution in [0.1, 0.15) is 31.7 Å². The van der Waals surface area contributed by atoms with Gasteiger partial charge in [-0.25, -0.2) is 0 Å². The zero-order valence-corrected chi connectivity index (χ0v) is 12.1. The van der Waals surface area contributed by atoms with E-state index in [1.165, 1.54) is 5.56 Å². The minimum absolute atomic E-state index is 0.0822. The molecule has 0 aromatic heterocycles. The number of aliphatic hydroxyl groups excluding tert-OH is 1. The van der Waals surface area contributed by atoms with E-state index in [0.29, 0.717) is 18.9 Å². The van der Waals surface area contributed by atoms with Gasteiger partial charge in [-0.1, -0.05) is 30.7 Å². The lowest BCUT2D eigenvalue weighted by molar-refractivity contribution is -0.121. The van der Waals surface area contributed by atoms with Crippen molar-refractivity contribution in [2.24, 2.45) is 5.92 Å². The minimum Gasteiger partial charge on any atom is -0.396 e. The summed E-state index contributed by atoms with van der Waals surface area (Å²) in [6.07, 6.45) is 2.98. The van der Waals surface area contributed by atoms with Crippen LogP contribution >= 0.6 is 11.6 Å². The van der Waals surface area contributed by atoms with Gasteiger partial charge < -0.3 is 10.4 Å². The van der Waals surface area contributed by atoms with E-state index < -0.39 is 0 Å². The van der Waals surface area contributed by atoms with Crippen LogP contribution in [0.4, 0.5) is 0 Å². The summed E-state index contributed by atoms with van der Waals surface area (Å²) in [7, 11) is 0. The second kappa shape index (κ2) is 8.94. The third-order valence-electron chi connectivity index (χ3n) is 3.05. The molecule has 0 saturated carbocycles. The smallest absolute Gasteiger partial charge is 0.220 e. The van der Waals surface area contributed by atoms with E-state index >= 15 is 0 Å². The van der Waals surface area contributed by atoms with Gasteiger partial charge in [0.2, 0.25) is 5.91 Å². The second-order valence-electron chi connectivity index (χ2n) is 4.90. The van der Waals surface area contributed by atoms with Crippen LogP contribution in [0.15, 0.2) is 24.3 Å². The van der Waals surface area contributed by atoms with Crippen LogP contribution in [0.25, 0.3) is 0 Å². The molecule has 2 N–H and O–H groups in total. The molecule has 0 aliphatic heterocycles. The van der Waals surface area contributed by atoms with E-state index in [1.54, 1.807) is 0 Å². The van der Waals surface area contributed by atoms with Gasteiger partial charge in [0.1, 0.15) is 0 Å². The van der Waals surface area contributed by atoms with Crippen molar-refractivity contribution in [2.45, 2.75) is 32.6 Å². The van der Waals surface area contributed by atoms with Crippen LogP contribution < -0.4 is 5.32 Å². The largest absolute Gasteiger partial charge is 0.396 e. The number of hydrogen-bond acceptors (Lipinski definition) is 2. The fourth-order valence-corrected chi connectivity index (χ4v) is 1.93. The average molecular weight is 284 g/mol. The highest BCUT2D eigenvalue weighted by Gasteiger charge is 2.05. The van der Waals surface area contributed by atoms with Crippen LogP contribution in [0, 0.1) is 5.92 Å². The SMILES string of the molecule is CC(CCO)CNC(=O)CCCc1ccc(Cl)cc1. The van der Waals surface area contributed by atoms with Gasteiger partial charge in [0.15, 0.2) is 0 Å². The Bertz CT molecular complexity index is 378. The van der Waals surface area contributed by atoms with Crippen molar-refractivity contribution in [3.63, 3.8) is 0 Å². The Hall–Kier alpha value is -1.06. The van der Waals surface area contributed by atoms with Crippen LogP contribution in [0.5, 0.6) is 0 Å². The number of halogens is 1. The van der Waals surface area contributed by atoms with E-state index in [1.807, 2.05) is 31.2 Å². The van der Waals surface area contributed by atoms with Gasteiger partial charge >= 0.3 is 0 Å². The summed E-state index contributed by atoms with van der Waals surface area (Å²) in [5, 5.41) is 12.4. The average Bonchev–Trinajstić information content (AvgIpc) is 2.39. The van der Waals surface area contributed by atoms with Crippen molar-refractivity contribution < 1.29 is 9.90 Å². The highest BCUT2D eigenvalue weighted by Crippen LogP contribution is 2.11. The van der Waals surface area contributed by atoms with Crippen LogP contribution in [-0.2, 0) is 11.2 Å². The highest BCUT2D eigenvalue weighted by atomic mass is 35.5. The Balaban J connectivity index is 2.15. The quantitative estimate of drug-likeness (QED) is 0.771. The number of aryl methyl sites for hydroxylation is 1. The first-order valence-electron chi connectivity index (χ1n) is 6.74. The van der Waals surface area contributed by atoms with E-state index in [-0.39, 0.29) is 12.5 Å². The third-order valence-corrected chi connectivity index (χ3v) is 3.30. The molecule has 3 nitrogen and oxygen atoms in total. The maximum Gasteiger partial charge on any atom is 0.220 e. The van der Waals surface area contributed by atoms with Crippen LogP contribution in [-0.4, -0.2) is 24.2 Å². The molecular formula is C15H22ClNO2. The molecule has 0 fully saturated rings. The topological polar surface area (TPSA) is 49.3 Å². The number of amides is 1. The Labute approximate surface area is 120 Å². The molecule has 1 aromatic carbocycles. The fraction of sp³-hybridized carbons (Fsp3) is 0.533. The van der Waals surface area contributed by atoms with Gasteiger partial charge in [-0.15, -0.1) is 0 Å². The molecule has 0 aliphatic rings. The molecule has 1 rings (SSSR count). The zero-order valence-electron chi connectivity index (χ0n) is 11.4. The Morgan fingerprint density at radius 1 is 1.37 bits per heavy atom. The van der Waals surface area contributed by atoms with E-state index in [2.05, 4.69) is 5.32 Å². The van der Waals surface area contributed by atoms with Gasteiger partial charge in [-0.3, -0.25) is 4.79 Å². The molecule has 0 radical (unpaired) electrons. The lowest BCUT2D eigenvalue weighted by Crippen LogP contribution is -2.28. The molecule has 1 unspecified atom stereocenters. The van der Waals surface area contributed by atoms with Crippen LogP contribution in [0.3, 0.4) is 0 Å². The number of aliphatic hydroxyl groups is 1. The molecule has 19 heavy (non-hydrogen) atoms. The Morgan fingerprint density at radius 2 is 2.05 bits per heavy atom. The predicted octanol–water partition coefficient (Wildman–Crippen LogP) is 2.80. The van der Waals surface area contributed by atoms with E-state index in [9.17, 15) is 4.79 Å². The zero-order chi connectivity index (χ0) is 14.1. The van der Waals surface area contributed by atoms with E-state index in [0.717, 1.165) is 24.3 Å². The third kappa shape index (κ3) is 7.19. The second-order valence-corrected chi connectivity index (χ2v) is 5.34. The fourth-order valence-electron chi connectivity index (χ4n) is 1.80. The predicted molar refractivity (Wildman–Crippen MR) is 78.3 cm³/mol. The van der Waals surface area contributed by atoms with Gasteiger partial charge in [-0.05, 0) is 42.9 Å². The maximum atomic E-state index is 11.6. The number of benzene rings is 1. The summed E-state index contributed by atoms with van der Waals surface area (Å²) in [4.78, 5) is 11.6. The first-order chi connectivity index (χ1) is 9.11. The normalized spacial score (nSPS) is 12.2. The molecule has 0 spiro atoms. The molecule has 0 saturated heterocycles. The highest BCUT2D eigenvalue weighted by molar-refractivity contribution is 6.30. The summed E-state index contributed by atoms with van der Waals surface area (Å²) in [6.45, 7) is 2.83. The standard InChI is InChI=1S/C15H22ClNO2/c1-12(9-10-18)11-17-15(19)4-2-3-13-5-7-14(16)8-6-13/h5-8,12,18H,2-4,9-11H2,1H3,(H,17,19). The number of carbonyl (C=O) groups is 1. The first-order valence-corrected chi connectivity index (χ1v) is 7.11. The van der Waals surface area contributed by atoms with Crippen molar-refractivity contribution >= 4 is 17.5 Å². The summed E-state index contributed by atoms with van der Waals surface area (Å²) in [5.74, 6) is 0.406. The number of carbonyl (C=O) groups excluding carboxylic acids is 1. The lowest BCUT2D eigenvalue weighted by atomic mass is 10.1. The van der Waals surface area contributed by atoms with Gasteiger partial charge in [0.05, 0.1) is 0 Å². The van der Waals surface area contributed by atoms with Crippen molar-refractivity contribution in [3.8, 4) is 0 Å². The first kappa shape index (κ1) is 16.0. The molecule has 0 aliphatic carbocycles. The molecule has 0 heterocycles. The van der Waals surface area contributed by atoms with Crippen molar-refractivity contribution in [3.05, 3.63) is 34.9 Å². The molecule has 106 valence electrons. The molecule has 1 atom stereocenters. The van der Waals surface area contributed by atoms with Gasteiger partial charge in [0.25, 0.3) is 0 Å². The van der Waals surface area contributed by atoms with Gasteiger partial charge in [-0.2, -0.15) is 0 Å². The van der Waals surface area contributed by atoms with Crippen molar-refractivity contribution in [1.29, 1.82) is 0 Å². The number of hydrogen-bond donors (Lipinski definition) is 2. The molecule has 1 amide bonds. The molecular weight excluding hydrogens is 262 g/mol.